The third-order valence-corrected chi connectivity index (χ3v) is 6.35. The van der Waals surface area contributed by atoms with Crippen molar-refractivity contribution in [2.45, 2.75) is 51.0 Å². The predicted octanol–water partition coefficient (Wildman–Crippen LogP) is 2.50. The van der Waals surface area contributed by atoms with Crippen LogP contribution >= 0.6 is 0 Å². The summed E-state index contributed by atoms with van der Waals surface area (Å²) in [5, 5.41) is 2.94. The zero-order valence-electron chi connectivity index (χ0n) is 15.7. The topological polar surface area (TPSA) is 89.5 Å². The molecular weight excluding hydrogens is 354 g/mol. The van der Waals surface area contributed by atoms with Gasteiger partial charge in [-0.05, 0) is 42.9 Å². The molecule has 0 saturated heterocycles. The van der Waals surface area contributed by atoms with Crippen molar-refractivity contribution in [1.82, 2.24) is 5.32 Å². The van der Waals surface area contributed by atoms with Crippen molar-refractivity contribution in [3.63, 3.8) is 0 Å². The molecule has 0 bridgehead atoms. The van der Waals surface area contributed by atoms with Crippen LogP contribution < -0.4 is 5.32 Å². The van der Waals surface area contributed by atoms with Crippen LogP contribution in [0.2, 0.25) is 0 Å². The Morgan fingerprint density at radius 1 is 1.23 bits per heavy atom. The van der Waals surface area contributed by atoms with E-state index in [0.717, 1.165) is 19.1 Å². The molecule has 6 nitrogen and oxygen atoms in total. The fourth-order valence-electron chi connectivity index (χ4n) is 3.29. The molecule has 0 aliphatic heterocycles. The predicted molar refractivity (Wildman–Crippen MR) is 98.7 cm³/mol. The van der Waals surface area contributed by atoms with Crippen molar-refractivity contribution >= 4 is 21.7 Å². The maximum atomic E-state index is 12.3. The number of nitrogens with one attached hydrogen (secondary N) is 1. The first-order chi connectivity index (χ1) is 12.1. The number of esters is 1. The number of rotatable bonds is 5. The number of aryl methyl sites for hydroxylation is 1. The Morgan fingerprint density at radius 2 is 1.92 bits per heavy atom. The van der Waals surface area contributed by atoms with Crippen LogP contribution in [0.1, 0.15) is 49.0 Å². The Morgan fingerprint density at radius 3 is 2.58 bits per heavy atom. The molecule has 1 fully saturated rings. The van der Waals surface area contributed by atoms with E-state index in [9.17, 15) is 18.0 Å². The highest BCUT2D eigenvalue weighted by atomic mass is 32.2. The lowest BCUT2D eigenvalue weighted by Crippen LogP contribution is -2.45. The number of ether oxygens (including phenoxy) is 1. The van der Waals surface area contributed by atoms with E-state index in [1.165, 1.54) is 18.6 Å². The molecule has 3 atom stereocenters. The van der Waals surface area contributed by atoms with Gasteiger partial charge in [0.25, 0.3) is 5.91 Å². The molecular formula is C19H27NO5S. The van der Waals surface area contributed by atoms with E-state index >= 15 is 0 Å². The number of hydrogen-bond acceptors (Lipinski definition) is 5. The van der Waals surface area contributed by atoms with Crippen molar-refractivity contribution in [3.8, 4) is 0 Å². The van der Waals surface area contributed by atoms with Crippen molar-refractivity contribution in [3.05, 3.63) is 29.3 Å². The molecule has 0 spiro atoms. The normalized spacial score (nSPS) is 23.3. The van der Waals surface area contributed by atoms with E-state index in [4.69, 9.17) is 4.74 Å². The Balaban J connectivity index is 1.97. The average Bonchev–Trinajstić information content (AvgIpc) is 2.56. The van der Waals surface area contributed by atoms with Gasteiger partial charge in [-0.15, -0.1) is 0 Å². The number of amides is 1. The fourth-order valence-corrected chi connectivity index (χ4v) is 3.94. The first-order valence-electron chi connectivity index (χ1n) is 8.86. The summed E-state index contributed by atoms with van der Waals surface area (Å²) >= 11 is 0. The smallest absolute Gasteiger partial charge is 0.338 e. The summed E-state index contributed by atoms with van der Waals surface area (Å²) in [5.74, 6) is -0.0931. The van der Waals surface area contributed by atoms with E-state index in [1.807, 2.05) is 0 Å². The van der Waals surface area contributed by atoms with Gasteiger partial charge in [0, 0.05) is 12.3 Å². The molecule has 0 radical (unpaired) electrons. The zero-order valence-corrected chi connectivity index (χ0v) is 16.6. The number of carbonyl (C=O) groups excluding carboxylic acids is 2. The van der Waals surface area contributed by atoms with Crippen LogP contribution in [-0.4, -0.2) is 39.2 Å². The van der Waals surface area contributed by atoms with Gasteiger partial charge in [-0.25, -0.2) is 13.2 Å². The van der Waals surface area contributed by atoms with E-state index in [-0.39, 0.29) is 29.0 Å². The summed E-state index contributed by atoms with van der Waals surface area (Å²) in [4.78, 5) is 24.4. The second-order valence-electron chi connectivity index (χ2n) is 7.27. The number of benzene rings is 1. The van der Waals surface area contributed by atoms with E-state index in [1.54, 1.807) is 13.0 Å². The molecule has 7 heteroatoms. The van der Waals surface area contributed by atoms with Gasteiger partial charge in [0.1, 0.15) is 0 Å². The standard InChI is InChI=1S/C19H27NO5S/c1-12-6-5-7-17(14(12)3)20-18(21)11-25-19(22)16-10-15(26(4,23)24)9-8-13(16)2/h8-10,12,14,17H,5-7,11H2,1-4H3,(H,20,21)/t12-,14+,17+/m1/s1. The monoisotopic (exact) mass is 381 g/mol. The minimum atomic E-state index is -3.42. The number of sulfone groups is 1. The Kier molecular flexibility index (Phi) is 6.44. The minimum Gasteiger partial charge on any atom is -0.452 e. The minimum absolute atomic E-state index is 0.0459. The van der Waals surface area contributed by atoms with Crippen molar-refractivity contribution < 1.29 is 22.7 Å². The summed E-state index contributed by atoms with van der Waals surface area (Å²) in [6.07, 6.45) is 4.25. The van der Waals surface area contributed by atoms with Crippen LogP contribution in [0.5, 0.6) is 0 Å². The Hall–Kier alpha value is -1.89. The van der Waals surface area contributed by atoms with Crippen LogP contribution in [0.25, 0.3) is 0 Å². The second-order valence-corrected chi connectivity index (χ2v) is 9.28. The first kappa shape index (κ1) is 20.4. The van der Waals surface area contributed by atoms with Gasteiger partial charge in [-0.1, -0.05) is 32.8 Å². The van der Waals surface area contributed by atoms with Crippen molar-refractivity contribution in [1.29, 1.82) is 0 Å². The van der Waals surface area contributed by atoms with Crippen molar-refractivity contribution in [2.24, 2.45) is 11.8 Å². The molecule has 1 aromatic carbocycles. The van der Waals surface area contributed by atoms with Gasteiger partial charge in [0.05, 0.1) is 10.5 Å². The molecule has 26 heavy (non-hydrogen) atoms. The van der Waals surface area contributed by atoms with Gasteiger partial charge in [0.2, 0.25) is 0 Å². The maximum Gasteiger partial charge on any atom is 0.338 e. The van der Waals surface area contributed by atoms with Crippen LogP contribution in [-0.2, 0) is 19.4 Å². The molecule has 1 saturated carbocycles. The molecule has 1 aliphatic carbocycles. The van der Waals surface area contributed by atoms with Gasteiger partial charge >= 0.3 is 5.97 Å². The van der Waals surface area contributed by atoms with Crippen LogP contribution in [0.4, 0.5) is 0 Å². The quantitative estimate of drug-likeness (QED) is 0.792. The van der Waals surface area contributed by atoms with E-state index < -0.39 is 15.8 Å². The van der Waals surface area contributed by atoms with Crippen LogP contribution in [0.3, 0.4) is 0 Å². The zero-order chi connectivity index (χ0) is 19.5. The maximum absolute atomic E-state index is 12.3. The van der Waals surface area contributed by atoms with Gasteiger partial charge in [-0.2, -0.15) is 0 Å². The molecule has 2 rings (SSSR count). The first-order valence-corrected chi connectivity index (χ1v) is 10.8. The molecule has 144 valence electrons. The summed E-state index contributed by atoms with van der Waals surface area (Å²) in [6.45, 7) is 5.62. The molecule has 1 aromatic rings. The van der Waals surface area contributed by atoms with Gasteiger partial charge in [0.15, 0.2) is 16.4 Å². The molecule has 0 unspecified atom stereocenters. The molecule has 1 N–H and O–H groups in total. The Bertz CT molecular complexity index is 787. The molecule has 1 amide bonds. The van der Waals surface area contributed by atoms with Crippen LogP contribution in [0.15, 0.2) is 23.1 Å². The summed E-state index contributed by atoms with van der Waals surface area (Å²) in [5.41, 5.74) is 0.748. The lowest BCUT2D eigenvalue weighted by atomic mass is 9.78. The molecule has 0 aromatic heterocycles. The number of carbonyl (C=O) groups is 2. The highest BCUT2D eigenvalue weighted by Gasteiger charge is 2.28. The van der Waals surface area contributed by atoms with E-state index in [0.29, 0.717) is 17.4 Å². The largest absolute Gasteiger partial charge is 0.452 e. The SMILES string of the molecule is Cc1ccc(S(C)(=O)=O)cc1C(=O)OCC(=O)N[C@H]1CCC[C@@H](C)[C@@H]1C. The lowest BCUT2D eigenvalue weighted by molar-refractivity contribution is -0.125. The third kappa shape index (κ3) is 5.06. The van der Waals surface area contributed by atoms with Gasteiger partial charge in [-0.3, -0.25) is 4.79 Å². The highest BCUT2D eigenvalue weighted by molar-refractivity contribution is 7.90. The second kappa shape index (κ2) is 8.20. The van der Waals surface area contributed by atoms with Gasteiger partial charge < -0.3 is 10.1 Å². The highest BCUT2D eigenvalue weighted by Crippen LogP contribution is 2.29. The Labute approximate surface area is 155 Å². The van der Waals surface area contributed by atoms with Crippen LogP contribution in [0, 0.1) is 18.8 Å². The third-order valence-electron chi connectivity index (χ3n) is 5.24. The number of hydrogen-bond donors (Lipinski definition) is 1. The average molecular weight is 381 g/mol. The summed E-state index contributed by atoms with van der Waals surface area (Å²) in [7, 11) is -3.42. The fraction of sp³-hybridized carbons (Fsp3) is 0.579. The van der Waals surface area contributed by atoms with Crippen molar-refractivity contribution in [2.75, 3.05) is 12.9 Å². The van der Waals surface area contributed by atoms with E-state index in [2.05, 4.69) is 19.2 Å². The summed E-state index contributed by atoms with van der Waals surface area (Å²) < 4.78 is 28.4. The summed E-state index contributed by atoms with van der Waals surface area (Å²) in [6, 6.07) is 4.38. The lowest BCUT2D eigenvalue weighted by Gasteiger charge is -2.34. The molecule has 1 aliphatic rings. The molecule has 0 heterocycles.